The van der Waals surface area contributed by atoms with Crippen molar-refractivity contribution in [3.63, 3.8) is 0 Å². The SMILES string of the molecule is CC(O)C(C)N[C@H](C)c1ccccc1Cl. The summed E-state index contributed by atoms with van der Waals surface area (Å²) < 4.78 is 0. The van der Waals surface area contributed by atoms with Gasteiger partial charge in [0.2, 0.25) is 0 Å². The average molecular weight is 228 g/mol. The Labute approximate surface area is 96.3 Å². The molecule has 2 unspecified atom stereocenters. The molecule has 0 aromatic heterocycles. The topological polar surface area (TPSA) is 32.3 Å². The molecule has 0 aliphatic carbocycles. The third kappa shape index (κ3) is 3.49. The highest BCUT2D eigenvalue weighted by Gasteiger charge is 2.14. The predicted octanol–water partition coefficient (Wildman–Crippen LogP) is 2.76. The van der Waals surface area contributed by atoms with Crippen molar-refractivity contribution in [2.24, 2.45) is 0 Å². The van der Waals surface area contributed by atoms with Crippen LogP contribution in [0, 0.1) is 0 Å². The zero-order valence-corrected chi connectivity index (χ0v) is 10.1. The second-order valence-electron chi connectivity index (χ2n) is 3.94. The van der Waals surface area contributed by atoms with E-state index in [1.165, 1.54) is 0 Å². The number of hydrogen-bond acceptors (Lipinski definition) is 2. The fourth-order valence-corrected chi connectivity index (χ4v) is 1.75. The maximum Gasteiger partial charge on any atom is 0.0662 e. The first-order valence-corrected chi connectivity index (χ1v) is 5.58. The number of aliphatic hydroxyl groups is 1. The number of aliphatic hydroxyl groups excluding tert-OH is 1. The lowest BCUT2D eigenvalue weighted by atomic mass is 10.1. The zero-order chi connectivity index (χ0) is 11.4. The maximum absolute atomic E-state index is 9.39. The van der Waals surface area contributed by atoms with Gasteiger partial charge < -0.3 is 10.4 Å². The molecule has 0 aliphatic heterocycles. The maximum atomic E-state index is 9.39. The van der Waals surface area contributed by atoms with Crippen LogP contribution in [-0.4, -0.2) is 17.3 Å². The van der Waals surface area contributed by atoms with E-state index in [1.54, 1.807) is 6.92 Å². The minimum absolute atomic E-state index is 0.0521. The zero-order valence-electron chi connectivity index (χ0n) is 9.37. The lowest BCUT2D eigenvalue weighted by molar-refractivity contribution is 0.147. The van der Waals surface area contributed by atoms with Gasteiger partial charge in [0.15, 0.2) is 0 Å². The van der Waals surface area contributed by atoms with Crippen LogP contribution in [0.1, 0.15) is 32.4 Å². The molecule has 2 N–H and O–H groups in total. The summed E-state index contributed by atoms with van der Waals surface area (Å²) in [6.07, 6.45) is -0.366. The fourth-order valence-electron chi connectivity index (χ4n) is 1.45. The summed E-state index contributed by atoms with van der Waals surface area (Å²) in [7, 11) is 0. The van der Waals surface area contributed by atoms with Crippen LogP contribution in [0.3, 0.4) is 0 Å². The summed E-state index contributed by atoms with van der Waals surface area (Å²) in [6, 6.07) is 7.94. The van der Waals surface area contributed by atoms with Gasteiger partial charge in [-0.15, -0.1) is 0 Å². The molecule has 0 bridgehead atoms. The average Bonchev–Trinajstić information content (AvgIpc) is 2.18. The molecule has 0 radical (unpaired) electrons. The molecule has 0 amide bonds. The first kappa shape index (κ1) is 12.5. The summed E-state index contributed by atoms with van der Waals surface area (Å²) in [4.78, 5) is 0. The molecule has 0 heterocycles. The van der Waals surface area contributed by atoms with E-state index in [0.29, 0.717) is 0 Å². The van der Waals surface area contributed by atoms with E-state index in [2.05, 4.69) is 5.32 Å². The summed E-state index contributed by atoms with van der Waals surface area (Å²) in [5.74, 6) is 0. The third-order valence-corrected chi connectivity index (χ3v) is 2.95. The number of hydrogen-bond donors (Lipinski definition) is 2. The lowest BCUT2D eigenvalue weighted by Gasteiger charge is -2.23. The van der Waals surface area contributed by atoms with Crippen molar-refractivity contribution < 1.29 is 5.11 Å². The molecule has 3 heteroatoms. The molecule has 1 rings (SSSR count). The fraction of sp³-hybridized carbons (Fsp3) is 0.500. The van der Waals surface area contributed by atoms with Crippen molar-refractivity contribution in [1.82, 2.24) is 5.32 Å². The Kier molecular flexibility index (Phi) is 4.58. The van der Waals surface area contributed by atoms with E-state index in [-0.39, 0.29) is 18.2 Å². The van der Waals surface area contributed by atoms with E-state index in [0.717, 1.165) is 10.6 Å². The first-order chi connectivity index (χ1) is 7.02. The molecule has 3 atom stereocenters. The Hall–Kier alpha value is -0.570. The van der Waals surface area contributed by atoms with Crippen molar-refractivity contribution in [1.29, 1.82) is 0 Å². The van der Waals surface area contributed by atoms with Gasteiger partial charge in [-0.25, -0.2) is 0 Å². The first-order valence-electron chi connectivity index (χ1n) is 5.21. The molecule has 15 heavy (non-hydrogen) atoms. The van der Waals surface area contributed by atoms with Gasteiger partial charge in [0, 0.05) is 17.1 Å². The van der Waals surface area contributed by atoms with Gasteiger partial charge in [-0.05, 0) is 32.4 Å². The van der Waals surface area contributed by atoms with E-state index >= 15 is 0 Å². The van der Waals surface area contributed by atoms with Gasteiger partial charge in [0.25, 0.3) is 0 Å². The molecule has 0 fully saturated rings. The molecule has 84 valence electrons. The Balaban J connectivity index is 2.69. The van der Waals surface area contributed by atoms with E-state index < -0.39 is 0 Å². The van der Waals surface area contributed by atoms with Crippen molar-refractivity contribution in [2.45, 2.75) is 39.0 Å². The molecule has 0 saturated heterocycles. The smallest absolute Gasteiger partial charge is 0.0662 e. The molecule has 1 aromatic rings. The standard InChI is InChI=1S/C12H18ClNO/c1-8(10(3)15)14-9(2)11-6-4-5-7-12(11)13/h4-10,14-15H,1-3H3/t8?,9-,10?/m1/s1. The summed E-state index contributed by atoms with van der Waals surface area (Å²) in [5.41, 5.74) is 1.06. The molecular formula is C12H18ClNO. The largest absolute Gasteiger partial charge is 0.392 e. The van der Waals surface area contributed by atoms with E-state index in [1.807, 2.05) is 38.1 Å². The van der Waals surface area contributed by atoms with Gasteiger partial charge in [0.05, 0.1) is 6.10 Å². The van der Waals surface area contributed by atoms with Gasteiger partial charge >= 0.3 is 0 Å². The second kappa shape index (κ2) is 5.50. The Morgan fingerprint density at radius 1 is 1.20 bits per heavy atom. The lowest BCUT2D eigenvalue weighted by Crippen LogP contribution is -2.37. The molecule has 2 nitrogen and oxygen atoms in total. The normalized spacial score (nSPS) is 17.1. The van der Waals surface area contributed by atoms with E-state index in [9.17, 15) is 5.11 Å². The van der Waals surface area contributed by atoms with Crippen molar-refractivity contribution in [3.8, 4) is 0 Å². The molecule has 0 spiro atoms. The quantitative estimate of drug-likeness (QED) is 0.829. The van der Waals surface area contributed by atoms with Crippen molar-refractivity contribution in [2.75, 3.05) is 0 Å². The Morgan fingerprint density at radius 3 is 2.33 bits per heavy atom. The van der Waals surface area contributed by atoms with Crippen LogP contribution in [-0.2, 0) is 0 Å². The number of rotatable bonds is 4. The Morgan fingerprint density at radius 2 is 1.80 bits per heavy atom. The van der Waals surface area contributed by atoms with Gasteiger partial charge in [-0.2, -0.15) is 0 Å². The van der Waals surface area contributed by atoms with Crippen LogP contribution >= 0.6 is 11.6 Å². The van der Waals surface area contributed by atoms with Crippen LogP contribution in [0.4, 0.5) is 0 Å². The third-order valence-electron chi connectivity index (χ3n) is 2.61. The minimum atomic E-state index is -0.366. The highest BCUT2D eigenvalue weighted by Crippen LogP contribution is 2.22. The van der Waals surface area contributed by atoms with E-state index in [4.69, 9.17) is 11.6 Å². The van der Waals surface area contributed by atoms with Crippen LogP contribution in [0.2, 0.25) is 5.02 Å². The van der Waals surface area contributed by atoms with Crippen LogP contribution in [0.15, 0.2) is 24.3 Å². The number of benzene rings is 1. The van der Waals surface area contributed by atoms with Gasteiger partial charge in [-0.3, -0.25) is 0 Å². The summed E-state index contributed by atoms with van der Waals surface area (Å²) in [5, 5.41) is 13.5. The van der Waals surface area contributed by atoms with Gasteiger partial charge in [-0.1, -0.05) is 29.8 Å². The Bertz CT molecular complexity index is 314. The second-order valence-corrected chi connectivity index (χ2v) is 4.35. The monoisotopic (exact) mass is 227 g/mol. The minimum Gasteiger partial charge on any atom is -0.392 e. The van der Waals surface area contributed by atoms with Crippen LogP contribution in [0.5, 0.6) is 0 Å². The molecule has 1 aromatic carbocycles. The summed E-state index contributed by atoms with van der Waals surface area (Å²) in [6.45, 7) is 5.77. The van der Waals surface area contributed by atoms with Crippen molar-refractivity contribution >= 4 is 11.6 Å². The van der Waals surface area contributed by atoms with Crippen molar-refractivity contribution in [3.05, 3.63) is 34.9 Å². The molecule has 0 saturated carbocycles. The predicted molar refractivity (Wildman–Crippen MR) is 64.1 cm³/mol. The highest BCUT2D eigenvalue weighted by atomic mass is 35.5. The highest BCUT2D eigenvalue weighted by molar-refractivity contribution is 6.31. The van der Waals surface area contributed by atoms with Crippen LogP contribution in [0.25, 0.3) is 0 Å². The molecular weight excluding hydrogens is 210 g/mol. The van der Waals surface area contributed by atoms with Gasteiger partial charge in [0.1, 0.15) is 0 Å². The number of halogens is 1. The van der Waals surface area contributed by atoms with Crippen LogP contribution < -0.4 is 5.32 Å². The number of nitrogens with one attached hydrogen (secondary N) is 1. The molecule has 0 aliphatic rings. The summed E-state index contributed by atoms with van der Waals surface area (Å²) >= 11 is 6.08.